The Morgan fingerprint density at radius 3 is 2.50 bits per heavy atom. The third-order valence-corrected chi connectivity index (χ3v) is 5.39. The highest BCUT2D eigenvalue weighted by molar-refractivity contribution is 8.00. The molecule has 0 spiro atoms. The maximum Gasteiger partial charge on any atom is 0.133 e. The van der Waals surface area contributed by atoms with Crippen LogP contribution in [0.2, 0.25) is 0 Å². The lowest BCUT2D eigenvalue weighted by Gasteiger charge is -2.34. The van der Waals surface area contributed by atoms with Crippen molar-refractivity contribution in [3.05, 3.63) is 30.3 Å². The summed E-state index contributed by atoms with van der Waals surface area (Å²) in [5.74, 6) is 1.16. The zero-order valence-corrected chi connectivity index (χ0v) is 12.3. The molecule has 0 aromatic heterocycles. The Morgan fingerprint density at radius 1 is 1.22 bits per heavy atom. The molecule has 2 atom stereocenters. The largest absolute Gasteiger partial charge is 0.300 e. The standard InChI is InChI=1S/C16H22OS/c1-12(17)14-10-7-11-15(14)16(2,3)18-13-8-5-4-6-9-13/h4-6,8-9,14-15H,7,10-11H2,1-3H3/t14-,15+/m0/s1. The molecular formula is C16H22OS. The summed E-state index contributed by atoms with van der Waals surface area (Å²) in [6, 6.07) is 10.5. The van der Waals surface area contributed by atoms with Crippen molar-refractivity contribution in [1.82, 2.24) is 0 Å². The van der Waals surface area contributed by atoms with Crippen molar-refractivity contribution in [2.45, 2.75) is 49.7 Å². The summed E-state index contributed by atoms with van der Waals surface area (Å²) in [6.45, 7) is 6.33. The monoisotopic (exact) mass is 262 g/mol. The number of ketones is 1. The molecule has 1 aromatic rings. The molecule has 2 heteroatoms. The Balaban J connectivity index is 2.13. The maximum atomic E-state index is 11.7. The molecule has 1 aromatic carbocycles. The normalized spacial score (nSPS) is 24.2. The lowest BCUT2D eigenvalue weighted by molar-refractivity contribution is -0.122. The molecule has 0 heterocycles. The van der Waals surface area contributed by atoms with Crippen molar-refractivity contribution in [3.63, 3.8) is 0 Å². The molecule has 1 aliphatic rings. The Hall–Kier alpha value is -0.760. The number of carbonyl (C=O) groups is 1. The van der Waals surface area contributed by atoms with Crippen LogP contribution in [-0.4, -0.2) is 10.5 Å². The highest BCUT2D eigenvalue weighted by Gasteiger charge is 2.41. The van der Waals surface area contributed by atoms with Gasteiger partial charge in [-0.3, -0.25) is 4.79 Å². The topological polar surface area (TPSA) is 17.1 Å². The Kier molecular flexibility index (Phi) is 4.16. The van der Waals surface area contributed by atoms with E-state index < -0.39 is 0 Å². The number of hydrogen-bond donors (Lipinski definition) is 0. The van der Waals surface area contributed by atoms with Gasteiger partial charge in [0.1, 0.15) is 5.78 Å². The van der Waals surface area contributed by atoms with Crippen LogP contribution in [0.15, 0.2) is 35.2 Å². The van der Waals surface area contributed by atoms with E-state index in [1.165, 1.54) is 17.7 Å². The molecule has 0 saturated heterocycles. The van der Waals surface area contributed by atoms with E-state index in [0.717, 1.165) is 6.42 Å². The van der Waals surface area contributed by atoms with Gasteiger partial charge in [0.2, 0.25) is 0 Å². The SMILES string of the molecule is CC(=O)[C@@H]1CCC[C@H]1C(C)(C)Sc1ccccc1. The summed E-state index contributed by atoms with van der Waals surface area (Å²) >= 11 is 1.91. The van der Waals surface area contributed by atoms with E-state index in [1.807, 2.05) is 17.8 Å². The van der Waals surface area contributed by atoms with Gasteiger partial charge in [0, 0.05) is 15.6 Å². The van der Waals surface area contributed by atoms with E-state index in [-0.39, 0.29) is 10.7 Å². The minimum atomic E-state index is 0.133. The first-order valence-corrected chi connectivity index (χ1v) is 7.57. The predicted octanol–water partition coefficient (Wildman–Crippen LogP) is 4.56. The lowest BCUT2D eigenvalue weighted by Crippen LogP contribution is -2.33. The number of carbonyl (C=O) groups excluding carboxylic acids is 1. The van der Waals surface area contributed by atoms with Gasteiger partial charge in [0.05, 0.1) is 0 Å². The van der Waals surface area contributed by atoms with Gasteiger partial charge in [-0.25, -0.2) is 0 Å². The summed E-state index contributed by atoms with van der Waals surface area (Å²) in [4.78, 5) is 13.0. The van der Waals surface area contributed by atoms with Crippen molar-refractivity contribution < 1.29 is 4.79 Å². The molecule has 18 heavy (non-hydrogen) atoms. The number of hydrogen-bond acceptors (Lipinski definition) is 2. The number of thioether (sulfide) groups is 1. The molecule has 0 unspecified atom stereocenters. The van der Waals surface area contributed by atoms with E-state index in [1.54, 1.807) is 6.92 Å². The van der Waals surface area contributed by atoms with Gasteiger partial charge < -0.3 is 0 Å². The van der Waals surface area contributed by atoms with Gasteiger partial charge in [0.25, 0.3) is 0 Å². The second-order valence-corrected chi connectivity index (χ2v) is 7.50. The summed E-state index contributed by atoms with van der Waals surface area (Å²) in [7, 11) is 0. The van der Waals surface area contributed by atoms with Crippen LogP contribution in [0.3, 0.4) is 0 Å². The second-order valence-electron chi connectivity index (χ2n) is 5.77. The van der Waals surface area contributed by atoms with Gasteiger partial charge in [-0.05, 0) is 37.8 Å². The van der Waals surface area contributed by atoms with E-state index in [0.29, 0.717) is 11.7 Å². The first-order valence-electron chi connectivity index (χ1n) is 6.75. The van der Waals surface area contributed by atoms with Crippen LogP contribution < -0.4 is 0 Å². The van der Waals surface area contributed by atoms with Gasteiger partial charge in [-0.2, -0.15) is 0 Å². The van der Waals surface area contributed by atoms with Crippen molar-refractivity contribution in [2.75, 3.05) is 0 Å². The van der Waals surface area contributed by atoms with Crippen LogP contribution in [0.25, 0.3) is 0 Å². The highest BCUT2D eigenvalue weighted by Crippen LogP contribution is 2.48. The fourth-order valence-corrected chi connectivity index (χ4v) is 4.48. The molecule has 1 saturated carbocycles. The van der Waals surface area contributed by atoms with Crippen LogP contribution in [-0.2, 0) is 4.79 Å². The average Bonchev–Trinajstić information content (AvgIpc) is 2.79. The minimum absolute atomic E-state index is 0.133. The van der Waals surface area contributed by atoms with Crippen molar-refractivity contribution >= 4 is 17.5 Å². The summed E-state index contributed by atoms with van der Waals surface area (Å²) < 4.78 is 0.133. The van der Waals surface area contributed by atoms with Crippen LogP contribution in [0.4, 0.5) is 0 Å². The fourth-order valence-electron chi connectivity index (χ4n) is 3.15. The highest BCUT2D eigenvalue weighted by atomic mass is 32.2. The molecule has 98 valence electrons. The number of benzene rings is 1. The third kappa shape index (κ3) is 2.97. The van der Waals surface area contributed by atoms with Crippen LogP contribution >= 0.6 is 11.8 Å². The van der Waals surface area contributed by atoms with Crippen molar-refractivity contribution in [1.29, 1.82) is 0 Å². The van der Waals surface area contributed by atoms with Crippen molar-refractivity contribution in [3.8, 4) is 0 Å². The predicted molar refractivity (Wildman–Crippen MR) is 77.9 cm³/mol. The Morgan fingerprint density at radius 2 is 1.89 bits per heavy atom. The minimum Gasteiger partial charge on any atom is -0.300 e. The molecule has 0 aliphatic heterocycles. The smallest absolute Gasteiger partial charge is 0.133 e. The van der Waals surface area contributed by atoms with E-state index in [4.69, 9.17) is 0 Å². The molecular weight excluding hydrogens is 240 g/mol. The molecule has 1 fully saturated rings. The second kappa shape index (κ2) is 5.48. The van der Waals surface area contributed by atoms with Crippen molar-refractivity contribution in [2.24, 2.45) is 11.8 Å². The molecule has 1 nitrogen and oxygen atoms in total. The van der Waals surface area contributed by atoms with Gasteiger partial charge in [-0.1, -0.05) is 38.5 Å². The maximum absolute atomic E-state index is 11.7. The summed E-state index contributed by atoms with van der Waals surface area (Å²) in [6.07, 6.45) is 3.48. The fraction of sp³-hybridized carbons (Fsp3) is 0.562. The number of Topliss-reactive ketones (excluding diaryl/α,β-unsaturated/α-hetero) is 1. The summed E-state index contributed by atoms with van der Waals surface area (Å²) in [5, 5.41) is 0. The Bertz CT molecular complexity index is 410. The van der Waals surface area contributed by atoms with E-state index in [9.17, 15) is 4.79 Å². The molecule has 0 N–H and O–H groups in total. The molecule has 0 bridgehead atoms. The molecule has 0 radical (unpaired) electrons. The first-order chi connectivity index (χ1) is 8.50. The number of rotatable bonds is 4. The van der Waals surface area contributed by atoms with Crippen LogP contribution in [0, 0.1) is 11.8 Å². The zero-order valence-electron chi connectivity index (χ0n) is 11.5. The van der Waals surface area contributed by atoms with Gasteiger partial charge in [-0.15, -0.1) is 11.8 Å². The average molecular weight is 262 g/mol. The van der Waals surface area contributed by atoms with E-state index >= 15 is 0 Å². The third-order valence-electron chi connectivity index (χ3n) is 4.06. The van der Waals surface area contributed by atoms with Crippen LogP contribution in [0.5, 0.6) is 0 Å². The molecule has 0 amide bonds. The zero-order chi connectivity index (χ0) is 13.2. The van der Waals surface area contributed by atoms with Gasteiger partial charge >= 0.3 is 0 Å². The van der Waals surface area contributed by atoms with Crippen LogP contribution in [0.1, 0.15) is 40.0 Å². The van der Waals surface area contributed by atoms with E-state index in [2.05, 4.69) is 38.1 Å². The molecule has 1 aliphatic carbocycles. The lowest BCUT2D eigenvalue weighted by atomic mass is 9.83. The molecule has 2 rings (SSSR count). The van der Waals surface area contributed by atoms with Gasteiger partial charge in [0.15, 0.2) is 0 Å². The summed E-state index contributed by atoms with van der Waals surface area (Å²) in [5.41, 5.74) is 0. The Labute approximate surface area is 114 Å². The quantitative estimate of drug-likeness (QED) is 0.740. The first kappa shape index (κ1) is 13.7.